The first-order chi connectivity index (χ1) is 15.3. The standard InChI is InChI=1S/C23H12Cl2FI2NO3/c24-14-4-5-16(17(25)10-14)22-29-20(23(30)32-22)9-13-7-18(27)21(19(28)8-13)31-11-12-2-1-3-15(26)6-12/h1-10H,11H2/b20-9-. The van der Waals surface area contributed by atoms with Crippen LogP contribution in [-0.2, 0) is 16.1 Å². The first kappa shape index (κ1) is 23.5. The van der Waals surface area contributed by atoms with Gasteiger partial charge in [0.25, 0.3) is 0 Å². The molecule has 1 heterocycles. The van der Waals surface area contributed by atoms with Gasteiger partial charge < -0.3 is 9.47 Å². The van der Waals surface area contributed by atoms with Gasteiger partial charge in [-0.3, -0.25) is 0 Å². The highest BCUT2D eigenvalue weighted by Crippen LogP contribution is 2.32. The van der Waals surface area contributed by atoms with E-state index in [0.717, 1.165) is 18.3 Å². The summed E-state index contributed by atoms with van der Waals surface area (Å²) in [6.07, 6.45) is 1.64. The number of benzene rings is 3. The summed E-state index contributed by atoms with van der Waals surface area (Å²) in [5.41, 5.74) is 2.14. The fourth-order valence-electron chi connectivity index (χ4n) is 2.93. The summed E-state index contributed by atoms with van der Waals surface area (Å²) >= 11 is 16.4. The highest BCUT2D eigenvalue weighted by Gasteiger charge is 2.26. The monoisotopic (exact) mass is 693 g/mol. The number of esters is 1. The van der Waals surface area contributed by atoms with Gasteiger partial charge in [-0.25, -0.2) is 14.2 Å². The van der Waals surface area contributed by atoms with Crippen LogP contribution in [-0.4, -0.2) is 11.9 Å². The third-order valence-electron chi connectivity index (χ3n) is 4.38. The maximum Gasteiger partial charge on any atom is 0.363 e. The molecule has 0 saturated heterocycles. The minimum Gasteiger partial charge on any atom is -0.487 e. The van der Waals surface area contributed by atoms with E-state index in [1.54, 1.807) is 36.4 Å². The molecular formula is C23H12Cl2FI2NO3. The van der Waals surface area contributed by atoms with Crippen LogP contribution in [0, 0.1) is 13.0 Å². The van der Waals surface area contributed by atoms with Crippen molar-refractivity contribution >= 4 is 86.3 Å². The van der Waals surface area contributed by atoms with Crippen LogP contribution in [0.15, 0.2) is 65.3 Å². The average Bonchev–Trinajstić information content (AvgIpc) is 3.07. The van der Waals surface area contributed by atoms with Crippen molar-refractivity contribution in [1.82, 2.24) is 0 Å². The Morgan fingerprint density at radius 1 is 1.06 bits per heavy atom. The summed E-state index contributed by atoms with van der Waals surface area (Å²) in [6.45, 7) is 0.242. The Morgan fingerprint density at radius 2 is 1.81 bits per heavy atom. The Labute approximate surface area is 220 Å². The van der Waals surface area contributed by atoms with Gasteiger partial charge in [-0.15, -0.1) is 0 Å². The molecule has 0 atom stereocenters. The molecule has 1 aliphatic rings. The Morgan fingerprint density at radius 3 is 2.50 bits per heavy atom. The van der Waals surface area contributed by atoms with Crippen LogP contribution in [0.25, 0.3) is 6.08 Å². The van der Waals surface area contributed by atoms with Crippen molar-refractivity contribution < 1.29 is 18.7 Å². The van der Waals surface area contributed by atoms with Crippen molar-refractivity contribution in [3.05, 3.63) is 100.0 Å². The Kier molecular flexibility index (Phi) is 7.38. The molecule has 32 heavy (non-hydrogen) atoms. The summed E-state index contributed by atoms with van der Waals surface area (Å²) in [5, 5.41) is 0.817. The zero-order chi connectivity index (χ0) is 22.8. The van der Waals surface area contributed by atoms with Gasteiger partial charge in [-0.05, 0) is 105 Å². The highest BCUT2D eigenvalue weighted by atomic mass is 127. The van der Waals surface area contributed by atoms with Crippen LogP contribution in [0.1, 0.15) is 16.7 Å². The van der Waals surface area contributed by atoms with E-state index in [0.29, 0.717) is 21.4 Å². The van der Waals surface area contributed by atoms with Crippen molar-refractivity contribution in [2.45, 2.75) is 6.61 Å². The van der Waals surface area contributed by atoms with E-state index in [4.69, 9.17) is 32.7 Å². The Balaban J connectivity index is 1.57. The van der Waals surface area contributed by atoms with Crippen molar-refractivity contribution in [3.8, 4) is 5.75 Å². The Bertz CT molecular complexity index is 1270. The summed E-state index contributed by atoms with van der Waals surface area (Å²) < 4.78 is 26.3. The molecular weight excluding hydrogens is 682 g/mol. The molecule has 4 nitrogen and oxygen atoms in total. The summed E-state index contributed by atoms with van der Waals surface area (Å²) in [7, 11) is 0. The van der Waals surface area contributed by atoms with Gasteiger partial charge in [-0.2, -0.15) is 0 Å². The van der Waals surface area contributed by atoms with Crippen molar-refractivity contribution in [2.75, 3.05) is 0 Å². The molecule has 0 N–H and O–H groups in total. The third kappa shape index (κ3) is 5.44. The highest BCUT2D eigenvalue weighted by molar-refractivity contribution is 14.1. The van der Waals surface area contributed by atoms with Crippen molar-refractivity contribution in [2.24, 2.45) is 4.99 Å². The van der Waals surface area contributed by atoms with Crippen LogP contribution < -0.4 is 4.74 Å². The number of ether oxygens (including phenoxy) is 2. The van der Waals surface area contributed by atoms with Crippen LogP contribution in [0.4, 0.5) is 4.39 Å². The zero-order valence-electron chi connectivity index (χ0n) is 16.0. The van der Waals surface area contributed by atoms with Gasteiger partial charge in [0.2, 0.25) is 5.90 Å². The van der Waals surface area contributed by atoms with E-state index in [2.05, 4.69) is 50.2 Å². The van der Waals surface area contributed by atoms with Gasteiger partial charge in [0, 0.05) is 5.02 Å². The topological polar surface area (TPSA) is 47.9 Å². The predicted molar refractivity (Wildman–Crippen MR) is 140 cm³/mol. The molecule has 0 radical (unpaired) electrons. The van der Waals surface area contributed by atoms with Crippen molar-refractivity contribution in [3.63, 3.8) is 0 Å². The minimum absolute atomic E-state index is 0.127. The normalized spacial score (nSPS) is 14.5. The number of aliphatic imine (C=N–C) groups is 1. The second kappa shape index (κ2) is 10.1. The molecule has 1 aliphatic heterocycles. The lowest BCUT2D eigenvalue weighted by Crippen LogP contribution is -2.06. The van der Waals surface area contributed by atoms with E-state index >= 15 is 0 Å². The largest absolute Gasteiger partial charge is 0.487 e. The number of carbonyl (C=O) groups excluding carboxylic acids is 1. The second-order valence-corrected chi connectivity index (χ2v) is 9.86. The number of halogens is 5. The number of carbonyl (C=O) groups is 1. The van der Waals surface area contributed by atoms with E-state index in [9.17, 15) is 9.18 Å². The third-order valence-corrected chi connectivity index (χ3v) is 6.53. The fraction of sp³-hybridized carbons (Fsp3) is 0.0435. The second-order valence-electron chi connectivity index (χ2n) is 6.69. The summed E-state index contributed by atoms with van der Waals surface area (Å²) in [5.74, 6) is -0.0608. The maximum atomic E-state index is 13.4. The molecule has 0 aliphatic carbocycles. The SMILES string of the molecule is O=C1OC(c2ccc(Cl)cc2Cl)=N/C1=C\c1cc(I)c(OCc2cccc(F)c2)c(I)c1. The molecule has 0 spiro atoms. The quantitative estimate of drug-likeness (QED) is 0.161. The molecule has 3 aromatic carbocycles. The fourth-order valence-corrected chi connectivity index (χ4v) is 5.55. The average molecular weight is 694 g/mol. The Hall–Kier alpha value is -1.69. The molecule has 162 valence electrons. The number of hydrogen-bond donors (Lipinski definition) is 0. The number of hydrogen-bond acceptors (Lipinski definition) is 4. The number of rotatable bonds is 5. The molecule has 3 aromatic rings. The lowest BCUT2D eigenvalue weighted by Gasteiger charge is -2.11. The smallest absolute Gasteiger partial charge is 0.363 e. The molecule has 0 unspecified atom stereocenters. The van der Waals surface area contributed by atoms with Crippen LogP contribution in [0.3, 0.4) is 0 Å². The summed E-state index contributed by atoms with van der Waals surface area (Å²) in [4.78, 5) is 16.6. The maximum absolute atomic E-state index is 13.4. The molecule has 0 bridgehead atoms. The lowest BCUT2D eigenvalue weighted by molar-refractivity contribution is -0.129. The first-order valence-electron chi connectivity index (χ1n) is 9.14. The number of cyclic esters (lactones) is 1. The van der Waals surface area contributed by atoms with Gasteiger partial charge in [0.1, 0.15) is 18.2 Å². The van der Waals surface area contributed by atoms with Crippen LogP contribution in [0.5, 0.6) is 5.75 Å². The van der Waals surface area contributed by atoms with E-state index in [1.165, 1.54) is 12.1 Å². The van der Waals surface area contributed by atoms with Gasteiger partial charge in [-0.1, -0.05) is 35.3 Å². The van der Waals surface area contributed by atoms with Gasteiger partial charge >= 0.3 is 5.97 Å². The molecule has 0 fully saturated rings. The summed E-state index contributed by atoms with van der Waals surface area (Å²) in [6, 6.07) is 14.9. The number of nitrogens with zero attached hydrogens (tertiary/aromatic N) is 1. The van der Waals surface area contributed by atoms with E-state index in [1.807, 2.05) is 12.1 Å². The molecule has 9 heteroatoms. The predicted octanol–water partition coefficient (Wildman–Crippen LogP) is 7.27. The molecule has 4 rings (SSSR count). The zero-order valence-corrected chi connectivity index (χ0v) is 21.9. The molecule has 0 aromatic heterocycles. The van der Waals surface area contributed by atoms with E-state index < -0.39 is 5.97 Å². The molecule has 0 amide bonds. The van der Waals surface area contributed by atoms with Crippen molar-refractivity contribution in [1.29, 1.82) is 0 Å². The van der Waals surface area contributed by atoms with Crippen LogP contribution in [0.2, 0.25) is 10.0 Å². The van der Waals surface area contributed by atoms with Gasteiger partial charge in [0.05, 0.1) is 17.7 Å². The minimum atomic E-state index is -0.567. The first-order valence-corrected chi connectivity index (χ1v) is 12.1. The molecule has 0 saturated carbocycles. The van der Waals surface area contributed by atoms with Gasteiger partial charge in [0.15, 0.2) is 5.70 Å². The van der Waals surface area contributed by atoms with E-state index in [-0.39, 0.29) is 24.0 Å². The lowest BCUT2D eigenvalue weighted by atomic mass is 10.2. The van der Waals surface area contributed by atoms with Crippen LogP contribution >= 0.6 is 68.4 Å².